The first-order valence-corrected chi connectivity index (χ1v) is 16.7. The fraction of sp³-hybridized carbons (Fsp3) is 0. The SMILES string of the molecule is c1ccc(-c2nc(-n3c4ccccc4c4cc5ccccc5cc43)c3cc(-c4ccc5ccccc5c4)c(-c4ccccc4)cc3n2)cc1. The van der Waals surface area contributed by atoms with Crippen LogP contribution in [-0.4, -0.2) is 14.5 Å². The molecule has 0 radical (unpaired) electrons. The van der Waals surface area contributed by atoms with E-state index in [1.807, 2.05) is 18.2 Å². The quantitative estimate of drug-likeness (QED) is 0.195. The van der Waals surface area contributed by atoms with E-state index in [4.69, 9.17) is 9.97 Å². The first-order valence-electron chi connectivity index (χ1n) is 16.7. The molecule has 228 valence electrons. The van der Waals surface area contributed by atoms with Crippen molar-refractivity contribution in [3.05, 3.63) is 176 Å². The van der Waals surface area contributed by atoms with Crippen LogP contribution in [0.4, 0.5) is 0 Å². The van der Waals surface area contributed by atoms with Gasteiger partial charge in [-0.1, -0.05) is 140 Å². The fourth-order valence-corrected chi connectivity index (χ4v) is 7.38. The van der Waals surface area contributed by atoms with Crippen LogP contribution in [-0.2, 0) is 0 Å². The Bertz CT molecular complexity index is 2870. The highest BCUT2D eigenvalue weighted by atomic mass is 15.1. The van der Waals surface area contributed by atoms with Crippen molar-refractivity contribution >= 4 is 54.3 Å². The molecule has 0 fully saturated rings. The Morgan fingerprint density at radius 1 is 0.347 bits per heavy atom. The van der Waals surface area contributed by atoms with Gasteiger partial charge >= 0.3 is 0 Å². The van der Waals surface area contributed by atoms with Crippen LogP contribution >= 0.6 is 0 Å². The topological polar surface area (TPSA) is 30.7 Å². The van der Waals surface area contributed by atoms with E-state index in [2.05, 4.69) is 162 Å². The van der Waals surface area contributed by atoms with E-state index >= 15 is 0 Å². The van der Waals surface area contributed by atoms with E-state index in [0.29, 0.717) is 5.82 Å². The molecule has 10 aromatic rings. The summed E-state index contributed by atoms with van der Waals surface area (Å²) in [6, 6.07) is 62.7. The lowest BCUT2D eigenvalue weighted by molar-refractivity contribution is 1.08. The Balaban J connectivity index is 1.36. The van der Waals surface area contributed by atoms with E-state index in [-0.39, 0.29) is 0 Å². The summed E-state index contributed by atoms with van der Waals surface area (Å²) in [5, 5.41) is 8.26. The summed E-state index contributed by atoms with van der Waals surface area (Å²) in [5.41, 5.74) is 8.72. The molecule has 0 spiro atoms. The maximum Gasteiger partial charge on any atom is 0.162 e. The van der Waals surface area contributed by atoms with Gasteiger partial charge in [0.05, 0.1) is 16.6 Å². The summed E-state index contributed by atoms with van der Waals surface area (Å²) in [6.45, 7) is 0. The maximum absolute atomic E-state index is 5.43. The highest BCUT2D eigenvalue weighted by Crippen LogP contribution is 2.41. The number of rotatable bonds is 4. The van der Waals surface area contributed by atoms with E-state index < -0.39 is 0 Å². The molecule has 0 atom stereocenters. The van der Waals surface area contributed by atoms with Crippen LogP contribution in [0.25, 0.3) is 93.7 Å². The first-order chi connectivity index (χ1) is 24.3. The molecule has 0 N–H and O–H groups in total. The van der Waals surface area contributed by atoms with Gasteiger partial charge in [-0.3, -0.25) is 4.57 Å². The van der Waals surface area contributed by atoms with Gasteiger partial charge in [0.2, 0.25) is 0 Å². The van der Waals surface area contributed by atoms with Crippen molar-refractivity contribution in [3.8, 4) is 39.5 Å². The zero-order valence-electron chi connectivity index (χ0n) is 26.6. The summed E-state index contributed by atoms with van der Waals surface area (Å²) in [7, 11) is 0. The van der Waals surface area contributed by atoms with E-state index in [1.54, 1.807) is 0 Å². The van der Waals surface area contributed by atoms with E-state index in [9.17, 15) is 0 Å². The van der Waals surface area contributed by atoms with Crippen molar-refractivity contribution in [3.63, 3.8) is 0 Å². The van der Waals surface area contributed by atoms with Gasteiger partial charge in [-0.15, -0.1) is 0 Å². The van der Waals surface area contributed by atoms with Crippen molar-refractivity contribution in [2.75, 3.05) is 0 Å². The van der Waals surface area contributed by atoms with Gasteiger partial charge in [-0.2, -0.15) is 0 Å². The minimum absolute atomic E-state index is 0.701. The van der Waals surface area contributed by atoms with Crippen LogP contribution in [0.5, 0.6) is 0 Å². The second-order valence-corrected chi connectivity index (χ2v) is 12.6. The lowest BCUT2D eigenvalue weighted by atomic mass is 9.91. The lowest BCUT2D eigenvalue weighted by Gasteiger charge is -2.17. The third-order valence-electron chi connectivity index (χ3n) is 9.74. The molecular formula is C46H29N3. The molecule has 0 saturated heterocycles. The summed E-state index contributed by atoms with van der Waals surface area (Å²) in [6.07, 6.45) is 0. The molecule has 10 rings (SSSR count). The van der Waals surface area contributed by atoms with Crippen molar-refractivity contribution in [1.29, 1.82) is 0 Å². The van der Waals surface area contributed by atoms with E-state index in [1.165, 1.54) is 32.3 Å². The zero-order valence-corrected chi connectivity index (χ0v) is 26.6. The Hall–Kier alpha value is -6.58. The zero-order chi connectivity index (χ0) is 32.3. The molecule has 0 aliphatic carbocycles. The third kappa shape index (κ3) is 4.51. The molecule has 0 aliphatic heterocycles. The minimum Gasteiger partial charge on any atom is -0.293 e. The Labute approximate surface area is 283 Å². The van der Waals surface area contributed by atoms with Gasteiger partial charge in [-0.05, 0) is 80.2 Å². The first kappa shape index (κ1) is 27.5. The van der Waals surface area contributed by atoms with Crippen LogP contribution in [0.3, 0.4) is 0 Å². The van der Waals surface area contributed by atoms with Crippen molar-refractivity contribution < 1.29 is 0 Å². The van der Waals surface area contributed by atoms with Crippen molar-refractivity contribution in [2.24, 2.45) is 0 Å². The van der Waals surface area contributed by atoms with Gasteiger partial charge in [0, 0.05) is 21.7 Å². The maximum atomic E-state index is 5.43. The number of fused-ring (bicyclic) bond motifs is 6. The molecule has 0 bridgehead atoms. The van der Waals surface area contributed by atoms with Crippen molar-refractivity contribution in [2.45, 2.75) is 0 Å². The van der Waals surface area contributed by atoms with Crippen LogP contribution in [0.2, 0.25) is 0 Å². The fourth-order valence-electron chi connectivity index (χ4n) is 7.38. The molecule has 3 nitrogen and oxygen atoms in total. The van der Waals surface area contributed by atoms with E-state index in [0.717, 1.165) is 55.6 Å². The van der Waals surface area contributed by atoms with Crippen LogP contribution in [0.1, 0.15) is 0 Å². The monoisotopic (exact) mass is 623 g/mol. The molecule has 0 saturated carbocycles. The molecule has 3 heteroatoms. The molecule has 49 heavy (non-hydrogen) atoms. The van der Waals surface area contributed by atoms with Gasteiger partial charge in [0.15, 0.2) is 5.82 Å². The molecule has 0 unspecified atom stereocenters. The molecule has 0 amide bonds. The average Bonchev–Trinajstić information content (AvgIpc) is 3.49. The molecule has 2 heterocycles. The van der Waals surface area contributed by atoms with Crippen LogP contribution in [0.15, 0.2) is 176 Å². The Morgan fingerprint density at radius 3 is 1.73 bits per heavy atom. The van der Waals surface area contributed by atoms with Gasteiger partial charge in [0.25, 0.3) is 0 Å². The number of para-hydroxylation sites is 1. The predicted molar refractivity (Wildman–Crippen MR) is 205 cm³/mol. The summed E-state index contributed by atoms with van der Waals surface area (Å²) in [4.78, 5) is 10.7. The molecule has 2 aromatic heterocycles. The Morgan fingerprint density at radius 2 is 0.959 bits per heavy atom. The number of nitrogens with zero attached hydrogens (tertiary/aromatic N) is 3. The van der Waals surface area contributed by atoms with Gasteiger partial charge < -0.3 is 0 Å². The largest absolute Gasteiger partial charge is 0.293 e. The number of hydrogen-bond donors (Lipinski definition) is 0. The molecule has 0 aliphatic rings. The molecular weight excluding hydrogens is 595 g/mol. The van der Waals surface area contributed by atoms with Crippen molar-refractivity contribution in [1.82, 2.24) is 14.5 Å². The van der Waals surface area contributed by atoms with Gasteiger partial charge in [-0.25, -0.2) is 9.97 Å². The normalized spacial score (nSPS) is 11.7. The third-order valence-corrected chi connectivity index (χ3v) is 9.74. The summed E-state index contributed by atoms with van der Waals surface area (Å²) in [5.74, 6) is 1.57. The summed E-state index contributed by atoms with van der Waals surface area (Å²) < 4.78 is 2.35. The Kier molecular flexibility index (Phi) is 6.18. The van der Waals surface area contributed by atoms with Crippen LogP contribution in [0, 0.1) is 0 Å². The highest BCUT2D eigenvalue weighted by Gasteiger charge is 2.21. The smallest absolute Gasteiger partial charge is 0.162 e. The number of hydrogen-bond acceptors (Lipinski definition) is 2. The second kappa shape index (κ2) is 11.0. The predicted octanol–water partition coefficient (Wildman–Crippen LogP) is 12.0. The molecule has 8 aromatic carbocycles. The average molecular weight is 624 g/mol. The second-order valence-electron chi connectivity index (χ2n) is 12.6. The number of benzene rings is 8. The lowest BCUT2D eigenvalue weighted by Crippen LogP contribution is -2.03. The van der Waals surface area contributed by atoms with Crippen LogP contribution < -0.4 is 0 Å². The highest BCUT2D eigenvalue weighted by molar-refractivity contribution is 6.14. The minimum atomic E-state index is 0.701. The number of aromatic nitrogens is 3. The van der Waals surface area contributed by atoms with Gasteiger partial charge in [0.1, 0.15) is 5.82 Å². The summed E-state index contributed by atoms with van der Waals surface area (Å²) >= 11 is 0. The standard InChI is InChI=1S/C46H29N3/c1-3-14-31(15-4-1)39-29-42-41(28-38(39)36-24-23-30-13-7-8-18-33(30)25-36)46(48-45(47-42)32-16-5-2-6-17-32)49-43-22-12-11-21-37(43)40-26-34-19-9-10-20-35(34)27-44(40)49/h1-29H.